The zero-order valence-electron chi connectivity index (χ0n) is 16.6. The number of piperazine rings is 1. The summed E-state index contributed by atoms with van der Waals surface area (Å²) in [5.41, 5.74) is 1.40. The minimum Gasteiger partial charge on any atom is -0.356 e. The predicted octanol–water partition coefficient (Wildman–Crippen LogP) is 3.25. The maximum Gasteiger partial charge on any atom is 0.235 e. The Bertz CT molecular complexity index is 1040. The number of benzene rings is 1. The highest BCUT2D eigenvalue weighted by Gasteiger charge is 2.55. The van der Waals surface area contributed by atoms with E-state index in [2.05, 4.69) is 15.0 Å². The third-order valence-corrected chi connectivity index (χ3v) is 6.07. The molecule has 5 rings (SSSR count). The Morgan fingerprint density at radius 3 is 2.53 bits per heavy atom. The monoisotopic (exact) mass is 406 g/mol. The van der Waals surface area contributed by atoms with E-state index < -0.39 is 5.41 Å². The van der Waals surface area contributed by atoms with Crippen molar-refractivity contribution in [3.63, 3.8) is 0 Å². The van der Waals surface area contributed by atoms with Gasteiger partial charge in [0.25, 0.3) is 0 Å². The van der Waals surface area contributed by atoms with Crippen LogP contribution >= 0.6 is 0 Å². The molecule has 0 radical (unpaired) electrons. The Morgan fingerprint density at radius 1 is 1.07 bits per heavy atom. The maximum absolute atomic E-state index is 14.1. The van der Waals surface area contributed by atoms with Crippen LogP contribution in [0.15, 0.2) is 59.3 Å². The van der Waals surface area contributed by atoms with Crippen molar-refractivity contribution in [2.45, 2.75) is 24.8 Å². The average Bonchev–Trinajstić information content (AvgIpc) is 3.45. The van der Waals surface area contributed by atoms with Gasteiger partial charge in [0.1, 0.15) is 5.82 Å². The molecule has 2 fully saturated rings. The molecule has 0 atom stereocenters. The third kappa shape index (κ3) is 3.50. The van der Waals surface area contributed by atoms with E-state index in [9.17, 15) is 9.18 Å². The second kappa shape index (κ2) is 7.65. The molecular formula is C23H23FN4O2. The van der Waals surface area contributed by atoms with Crippen LogP contribution in [-0.2, 0) is 16.8 Å². The molecule has 1 aliphatic heterocycles. The molecular weight excluding hydrogens is 383 g/mol. The Kier molecular flexibility index (Phi) is 4.83. The largest absolute Gasteiger partial charge is 0.356 e. The van der Waals surface area contributed by atoms with Gasteiger partial charge in [-0.1, -0.05) is 23.4 Å². The van der Waals surface area contributed by atoms with Gasteiger partial charge >= 0.3 is 0 Å². The van der Waals surface area contributed by atoms with Gasteiger partial charge in [-0.25, -0.2) is 4.39 Å². The van der Waals surface area contributed by atoms with Gasteiger partial charge in [0.2, 0.25) is 5.91 Å². The van der Waals surface area contributed by atoms with E-state index >= 15 is 0 Å². The normalized spacial score (nSPS) is 18.4. The third-order valence-electron chi connectivity index (χ3n) is 6.07. The number of hydrogen-bond acceptors (Lipinski definition) is 5. The number of hydrogen-bond donors (Lipinski definition) is 0. The van der Waals surface area contributed by atoms with Gasteiger partial charge in [-0.3, -0.25) is 14.7 Å². The predicted molar refractivity (Wildman–Crippen MR) is 109 cm³/mol. The number of rotatable bonds is 5. The number of carbonyl (C=O) groups is 1. The molecule has 0 N–H and O–H groups in total. The fourth-order valence-corrected chi connectivity index (χ4v) is 4.13. The average molecular weight is 406 g/mol. The summed E-state index contributed by atoms with van der Waals surface area (Å²) in [6, 6.07) is 14.1. The van der Waals surface area contributed by atoms with Gasteiger partial charge in [-0.05, 0) is 37.1 Å². The second-order valence-electron chi connectivity index (χ2n) is 8.03. The van der Waals surface area contributed by atoms with Gasteiger partial charge in [-0.15, -0.1) is 0 Å². The number of pyridine rings is 1. The highest BCUT2D eigenvalue weighted by atomic mass is 19.1. The molecule has 0 bridgehead atoms. The van der Waals surface area contributed by atoms with Crippen LogP contribution in [0.25, 0.3) is 11.3 Å². The Hall–Kier alpha value is -3.06. The zero-order valence-corrected chi connectivity index (χ0v) is 16.6. The van der Waals surface area contributed by atoms with Crippen molar-refractivity contribution in [3.05, 3.63) is 71.9 Å². The van der Waals surface area contributed by atoms with Crippen LogP contribution in [0.3, 0.4) is 0 Å². The van der Waals surface area contributed by atoms with Crippen LogP contribution in [-0.4, -0.2) is 52.0 Å². The lowest BCUT2D eigenvalue weighted by molar-refractivity contribution is -0.136. The molecule has 1 aliphatic carbocycles. The van der Waals surface area contributed by atoms with E-state index in [1.54, 1.807) is 30.5 Å². The van der Waals surface area contributed by atoms with Crippen LogP contribution < -0.4 is 0 Å². The fraction of sp³-hybridized carbons (Fsp3) is 0.348. The standard InChI is InChI=1S/C23H23FN4O2/c24-19-7-2-1-6-18(19)20-15-21(26-30-20)23(8-9-23)22(29)28-13-11-27(12-14-28)16-17-5-3-4-10-25-17/h1-7,10,15H,8-9,11-14,16H2. The lowest BCUT2D eigenvalue weighted by Crippen LogP contribution is -2.51. The molecule has 2 aliphatic rings. The van der Waals surface area contributed by atoms with Crippen LogP contribution in [0.2, 0.25) is 0 Å². The molecule has 6 nitrogen and oxygen atoms in total. The highest BCUT2D eigenvalue weighted by Crippen LogP contribution is 2.50. The van der Waals surface area contributed by atoms with Crippen molar-refractivity contribution >= 4 is 5.91 Å². The second-order valence-corrected chi connectivity index (χ2v) is 8.03. The molecule has 0 spiro atoms. The van der Waals surface area contributed by atoms with E-state index in [-0.39, 0.29) is 11.7 Å². The van der Waals surface area contributed by atoms with Gasteiger partial charge < -0.3 is 9.42 Å². The first-order valence-electron chi connectivity index (χ1n) is 10.3. The summed E-state index contributed by atoms with van der Waals surface area (Å²) >= 11 is 0. The topological polar surface area (TPSA) is 62.5 Å². The molecule has 154 valence electrons. The van der Waals surface area contributed by atoms with Crippen molar-refractivity contribution in [3.8, 4) is 11.3 Å². The highest BCUT2D eigenvalue weighted by molar-refractivity contribution is 5.91. The molecule has 7 heteroatoms. The van der Waals surface area contributed by atoms with E-state index in [1.165, 1.54) is 6.07 Å². The minimum atomic E-state index is -0.615. The molecule has 2 aromatic heterocycles. The van der Waals surface area contributed by atoms with E-state index in [0.29, 0.717) is 30.1 Å². The van der Waals surface area contributed by atoms with Gasteiger partial charge in [0.05, 0.1) is 22.4 Å². The van der Waals surface area contributed by atoms with Gasteiger partial charge in [-0.2, -0.15) is 0 Å². The Labute approximate surface area is 174 Å². The van der Waals surface area contributed by atoms with Crippen molar-refractivity contribution < 1.29 is 13.7 Å². The van der Waals surface area contributed by atoms with E-state index in [0.717, 1.165) is 38.2 Å². The number of amides is 1. The van der Waals surface area contributed by atoms with Crippen molar-refractivity contribution in [2.24, 2.45) is 0 Å². The number of nitrogens with zero attached hydrogens (tertiary/aromatic N) is 4. The summed E-state index contributed by atoms with van der Waals surface area (Å²) < 4.78 is 19.5. The quantitative estimate of drug-likeness (QED) is 0.651. The van der Waals surface area contributed by atoms with Crippen LogP contribution in [0.1, 0.15) is 24.2 Å². The summed E-state index contributed by atoms with van der Waals surface area (Å²) in [5.74, 6) is 0.108. The molecule has 1 aromatic carbocycles. The van der Waals surface area contributed by atoms with E-state index in [4.69, 9.17) is 4.52 Å². The van der Waals surface area contributed by atoms with Crippen LogP contribution in [0, 0.1) is 5.82 Å². The summed E-state index contributed by atoms with van der Waals surface area (Å²) in [4.78, 5) is 21.9. The summed E-state index contributed by atoms with van der Waals surface area (Å²) in [7, 11) is 0. The lowest BCUT2D eigenvalue weighted by atomic mass is 9.99. The van der Waals surface area contributed by atoms with E-state index in [1.807, 2.05) is 23.1 Å². The summed E-state index contributed by atoms with van der Waals surface area (Å²) in [6.07, 6.45) is 3.31. The zero-order chi connectivity index (χ0) is 20.6. The smallest absolute Gasteiger partial charge is 0.235 e. The summed E-state index contributed by atoms with van der Waals surface area (Å²) in [6.45, 7) is 3.80. The van der Waals surface area contributed by atoms with Crippen LogP contribution in [0.5, 0.6) is 0 Å². The Balaban J connectivity index is 1.25. The number of carbonyl (C=O) groups excluding carboxylic acids is 1. The first kappa shape index (κ1) is 18.9. The van der Waals surface area contributed by atoms with Gasteiger partial charge in [0.15, 0.2) is 5.76 Å². The molecule has 1 saturated heterocycles. The van der Waals surface area contributed by atoms with Crippen molar-refractivity contribution in [1.82, 2.24) is 19.9 Å². The van der Waals surface area contributed by atoms with Gasteiger partial charge in [0, 0.05) is 45.0 Å². The maximum atomic E-state index is 14.1. The van der Waals surface area contributed by atoms with Crippen molar-refractivity contribution in [1.29, 1.82) is 0 Å². The molecule has 0 unspecified atom stereocenters. The molecule has 3 aromatic rings. The molecule has 30 heavy (non-hydrogen) atoms. The van der Waals surface area contributed by atoms with Crippen molar-refractivity contribution in [2.75, 3.05) is 26.2 Å². The fourth-order valence-electron chi connectivity index (χ4n) is 4.13. The molecule has 1 amide bonds. The number of halogens is 1. The SMILES string of the molecule is O=C(N1CCN(Cc2ccccn2)CC1)C1(c2cc(-c3ccccc3F)on2)CC1. The lowest BCUT2D eigenvalue weighted by Gasteiger charge is -2.36. The summed E-state index contributed by atoms with van der Waals surface area (Å²) in [5, 5.41) is 4.15. The molecule has 1 saturated carbocycles. The first-order valence-corrected chi connectivity index (χ1v) is 10.3. The Morgan fingerprint density at radius 2 is 1.83 bits per heavy atom. The molecule has 3 heterocycles. The minimum absolute atomic E-state index is 0.105. The number of aromatic nitrogens is 2. The van der Waals surface area contributed by atoms with Crippen LogP contribution in [0.4, 0.5) is 4.39 Å². The first-order chi connectivity index (χ1) is 14.7.